The fourth-order valence-corrected chi connectivity index (χ4v) is 4.16. The number of hydrogen-bond acceptors (Lipinski definition) is 3. The molecular formula is C25H27ClN2O. The Morgan fingerprint density at radius 2 is 1.86 bits per heavy atom. The Morgan fingerprint density at radius 3 is 2.62 bits per heavy atom. The average Bonchev–Trinajstić information content (AvgIpc) is 3.19. The summed E-state index contributed by atoms with van der Waals surface area (Å²) in [4.78, 5) is 6.85. The fourth-order valence-electron chi connectivity index (χ4n) is 3.98. The maximum atomic E-state index is 6.27. The Labute approximate surface area is 178 Å². The first-order chi connectivity index (χ1) is 14.1. The van der Waals surface area contributed by atoms with E-state index in [1.807, 2.05) is 30.5 Å². The van der Waals surface area contributed by atoms with Crippen molar-refractivity contribution in [2.75, 3.05) is 13.1 Å². The first-order valence-corrected chi connectivity index (χ1v) is 10.7. The summed E-state index contributed by atoms with van der Waals surface area (Å²) in [5, 5.41) is 0.749. The molecule has 0 amide bonds. The molecule has 1 aromatic heterocycles. The van der Waals surface area contributed by atoms with Crippen molar-refractivity contribution in [1.82, 2.24) is 9.88 Å². The van der Waals surface area contributed by atoms with Crippen molar-refractivity contribution in [2.24, 2.45) is 0 Å². The third kappa shape index (κ3) is 4.80. The minimum atomic E-state index is 0.433. The molecule has 1 fully saturated rings. The molecule has 2 aromatic carbocycles. The molecule has 3 nitrogen and oxygen atoms in total. The molecule has 4 rings (SSSR count). The van der Waals surface area contributed by atoms with E-state index in [2.05, 4.69) is 60.1 Å². The average molecular weight is 407 g/mol. The molecule has 1 saturated heterocycles. The van der Waals surface area contributed by atoms with Gasteiger partial charge >= 0.3 is 0 Å². The highest BCUT2D eigenvalue weighted by Gasteiger charge is 2.24. The minimum Gasteiger partial charge on any atom is -0.457 e. The molecule has 0 saturated carbocycles. The lowest BCUT2D eigenvalue weighted by Crippen LogP contribution is -2.20. The van der Waals surface area contributed by atoms with Gasteiger partial charge < -0.3 is 4.74 Å². The maximum Gasteiger partial charge on any atom is 0.130 e. The van der Waals surface area contributed by atoms with E-state index in [0.717, 1.165) is 48.3 Å². The van der Waals surface area contributed by atoms with Gasteiger partial charge in [-0.3, -0.25) is 9.88 Å². The summed E-state index contributed by atoms with van der Waals surface area (Å²) >= 11 is 6.27. The number of likely N-dealkylation sites (tertiary alicyclic amines) is 1. The summed E-state index contributed by atoms with van der Waals surface area (Å²) in [6.07, 6.45) is 2.96. The number of hydrogen-bond donors (Lipinski definition) is 0. The Balaban J connectivity index is 1.39. The van der Waals surface area contributed by atoms with Crippen LogP contribution in [0.3, 0.4) is 0 Å². The van der Waals surface area contributed by atoms with Gasteiger partial charge in [-0.15, -0.1) is 0 Å². The van der Waals surface area contributed by atoms with Gasteiger partial charge in [0.25, 0.3) is 0 Å². The summed E-state index contributed by atoms with van der Waals surface area (Å²) < 4.78 is 6.17. The van der Waals surface area contributed by atoms with E-state index in [1.165, 1.54) is 11.1 Å². The monoisotopic (exact) mass is 406 g/mol. The Hall–Kier alpha value is -2.36. The lowest BCUT2D eigenvalue weighted by atomic mass is 9.98. The Morgan fingerprint density at radius 1 is 1.07 bits per heavy atom. The highest BCUT2D eigenvalue weighted by molar-refractivity contribution is 6.31. The number of ether oxygens (including phenoxy) is 1. The van der Waals surface area contributed by atoms with Gasteiger partial charge in [0.15, 0.2) is 0 Å². The van der Waals surface area contributed by atoms with Crippen LogP contribution in [0.25, 0.3) is 0 Å². The van der Waals surface area contributed by atoms with E-state index >= 15 is 0 Å². The zero-order chi connectivity index (χ0) is 20.2. The van der Waals surface area contributed by atoms with Crippen molar-refractivity contribution in [3.63, 3.8) is 0 Å². The molecule has 2 heterocycles. The quantitative estimate of drug-likeness (QED) is 0.458. The molecule has 0 spiro atoms. The third-order valence-corrected chi connectivity index (χ3v) is 5.94. The van der Waals surface area contributed by atoms with Crippen LogP contribution in [0.5, 0.6) is 11.5 Å². The van der Waals surface area contributed by atoms with Gasteiger partial charge in [-0.1, -0.05) is 55.8 Å². The van der Waals surface area contributed by atoms with Crippen molar-refractivity contribution in [3.8, 4) is 11.5 Å². The second-order valence-corrected chi connectivity index (χ2v) is 8.42. The lowest BCUT2D eigenvalue weighted by Gasteiger charge is -2.17. The van der Waals surface area contributed by atoms with Crippen LogP contribution in [0.2, 0.25) is 5.02 Å². The largest absolute Gasteiger partial charge is 0.457 e. The fraction of sp³-hybridized carbons (Fsp3) is 0.320. The molecular weight excluding hydrogens is 380 g/mol. The normalized spacial score (nSPS) is 17.0. The van der Waals surface area contributed by atoms with E-state index in [4.69, 9.17) is 16.3 Å². The predicted octanol–water partition coefficient (Wildman–Crippen LogP) is 6.64. The number of pyridine rings is 1. The van der Waals surface area contributed by atoms with Crippen molar-refractivity contribution < 1.29 is 4.74 Å². The number of benzene rings is 2. The van der Waals surface area contributed by atoms with Crippen LogP contribution in [0.1, 0.15) is 48.9 Å². The molecule has 1 unspecified atom stereocenters. The van der Waals surface area contributed by atoms with E-state index in [-0.39, 0.29) is 0 Å². The molecule has 29 heavy (non-hydrogen) atoms. The molecule has 1 aliphatic rings. The van der Waals surface area contributed by atoms with Crippen LogP contribution >= 0.6 is 11.6 Å². The SMILES string of the molecule is CC(C)c1ccccc1Oc1ccc(C2CCN(Cc3ncccc3Cl)C2)cc1. The summed E-state index contributed by atoms with van der Waals surface area (Å²) in [5.74, 6) is 2.79. The third-order valence-electron chi connectivity index (χ3n) is 5.60. The predicted molar refractivity (Wildman–Crippen MR) is 119 cm³/mol. The molecule has 1 atom stereocenters. The highest BCUT2D eigenvalue weighted by Crippen LogP contribution is 2.33. The van der Waals surface area contributed by atoms with Crippen LogP contribution in [-0.4, -0.2) is 23.0 Å². The zero-order valence-corrected chi connectivity index (χ0v) is 17.8. The minimum absolute atomic E-state index is 0.433. The van der Waals surface area contributed by atoms with Crippen LogP contribution < -0.4 is 4.74 Å². The second kappa shape index (κ2) is 8.98. The number of aromatic nitrogens is 1. The number of nitrogens with zero attached hydrogens (tertiary/aromatic N) is 2. The molecule has 0 aliphatic carbocycles. The van der Waals surface area contributed by atoms with E-state index in [1.54, 1.807) is 0 Å². The van der Waals surface area contributed by atoms with E-state index in [9.17, 15) is 0 Å². The van der Waals surface area contributed by atoms with Gasteiger partial charge in [0.1, 0.15) is 11.5 Å². The maximum absolute atomic E-state index is 6.27. The molecule has 0 bridgehead atoms. The Kier molecular flexibility index (Phi) is 6.17. The topological polar surface area (TPSA) is 25.4 Å². The summed E-state index contributed by atoms with van der Waals surface area (Å²) in [6.45, 7) is 7.29. The zero-order valence-electron chi connectivity index (χ0n) is 17.0. The molecule has 3 aromatic rings. The lowest BCUT2D eigenvalue weighted by molar-refractivity contribution is 0.323. The Bertz CT molecular complexity index is 955. The number of para-hydroxylation sites is 1. The summed E-state index contributed by atoms with van der Waals surface area (Å²) in [6, 6.07) is 20.6. The van der Waals surface area contributed by atoms with Crippen LogP contribution in [-0.2, 0) is 6.54 Å². The molecule has 0 N–H and O–H groups in total. The molecule has 1 aliphatic heterocycles. The summed E-state index contributed by atoms with van der Waals surface area (Å²) in [5.41, 5.74) is 3.56. The van der Waals surface area contributed by atoms with Crippen molar-refractivity contribution in [2.45, 2.75) is 38.6 Å². The molecule has 150 valence electrons. The van der Waals surface area contributed by atoms with E-state index in [0.29, 0.717) is 11.8 Å². The van der Waals surface area contributed by atoms with Gasteiger partial charge in [-0.25, -0.2) is 0 Å². The van der Waals surface area contributed by atoms with Crippen molar-refractivity contribution in [3.05, 3.63) is 88.7 Å². The summed E-state index contributed by atoms with van der Waals surface area (Å²) in [7, 11) is 0. The number of rotatable bonds is 6. The van der Waals surface area contributed by atoms with Crippen molar-refractivity contribution >= 4 is 11.6 Å². The molecule has 0 radical (unpaired) electrons. The first kappa shape index (κ1) is 19.9. The second-order valence-electron chi connectivity index (χ2n) is 8.02. The van der Waals surface area contributed by atoms with Crippen molar-refractivity contribution in [1.29, 1.82) is 0 Å². The smallest absolute Gasteiger partial charge is 0.130 e. The van der Waals surface area contributed by atoms with Gasteiger partial charge in [0, 0.05) is 19.3 Å². The standard InChI is InChI=1S/C25H27ClN2O/c1-18(2)22-6-3-4-8-25(22)29-21-11-9-19(10-12-21)20-13-15-28(16-20)17-24-23(26)7-5-14-27-24/h3-12,14,18,20H,13,15-17H2,1-2H3. The van der Waals surface area contributed by atoms with Gasteiger partial charge in [-0.2, -0.15) is 0 Å². The van der Waals surface area contributed by atoms with Gasteiger partial charge in [0.2, 0.25) is 0 Å². The number of halogens is 1. The van der Waals surface area contributed by atoms with Crippen LogP contribution in [0.15, 0.2) is 66.9 Å². The van der Waals surface area contributed by atoms with Gasteiger partial charge in [-0.05, 0) is 66.3 Å². The highest BCUT2D eigenvalue weighted by atomic mass is 35.5. The van der Waals surface area contributed by atoms with Crippen LogP contribution in [0, 0.1) is 0 Å². The van der Waals surface area contributed by atoms with Gasteiger partial charge in [0.05, 0.1) is 10.7 Å². The van der Waals surface area contributed by atoms with E-state index < -0.39 is 0 Å². The van der Waals surface area contributed by atoms with Crippen LogP contribution in [0.4, 0.5) is 0 Å². The molecule has 4 heteroatoms. The first-order valence-electron chi connectivity index (χ1n) is 10.3.